The van der Waals surface area contributed by atoms with Crippen LogP contribution >= 0.6 is 0 Å². The molecule has 1 N–H and O–H groups in total. The third-order valence-corrected chi connectivity index (χ3v) is 3.78. The molecule has 114 valence electrons. The molecule has 1 heterocycles. The summed E-state index contributed by atoms with van der Waals surface area (Å²) in [7, 11) is 0. The van der Waals surface area contributed by atoms with Crippen molar-refractivity contribution >= 4 is 17.5 Å². The number of rotatable bonds is 4. The summed E-state index contributed by atoms with van der Waals surface area (Å²) in [6.07, 6.45) is 0.672. The van der Waals surface area contributed by atoms with Crippen LogP contribution < -0.4 is 10.2 Å². The van der Waals surface area contributed by atoms with Gasteiger partial charge in [0.05, 0.1) is 0 Å². The summed E-state index contributed by atoms with van der Waals surface area (Å²) < 4.78 is 0. The van der Waals surface area contributed by atoms with Gasteiger partial charge in [-0.05, 0) is 36.0 Å². The summed E-state index contributed by atoms with van der Waals surface area (Å²) in [4.78, 5) is 26.0. The van der Waals surface area contributed by atoms with E-state index in [1.165, 1.54) is 5.56 Å². The maximum absolute atomic E-state index is 12.5. The Hall–Kier alpha value is -1.84. The summed E-state index contributed by atoms with van der Waals surface area (Å²) in [5.74, 6) is 0.712. The van der Waals surface area contributed by atoms with Crippen molar-refractivity contribution in [2.24, 2.45) is 5.92 Å². The van der Waals surface area contributed by atoms with Crippen molar-refractivity contribution < 1.29 is 9.59 Å². The van der Waals surface area contributed by atoms with Crippen molar-refractivity contribution in [3.63, 3.8) is 0 Å². The zero-order valence-electron chi connectivity index (χ0n) is 13.2. The van der Waals surface area contributed by atoms with E-state index in [4.69, 9.17) is 0 Å². The van der Waals surface area contributed by atoms with Crippen LogP contribution in [0.2, 0.25) is 0 Å². The van der Waals surface area contributed by atoms with Gasteiger partial charge < -0.3 is 10.2 Å². The second-order valence-corrected chi connectivity index (χ2v) is 6.42. The van der Waals surface area contributed by atoms with Crippen LogP contribution in [0, 0.1) is 5.92 Å². The molecule has 4 heteroatoms. The molecule has 0 aromatic heterocycles. The first-order valence-corrected chi connectivity index (χ1v) is 7.59. The lowest BCUT2D eigenvalue weighted by Gasteiger charge is -2.33. The van der Waals surface area contributed by atoms with Gasteiger partial charge in [-0.15, -0.1) is 0 Å². The van der Waals surface area contributed by atoms with Gasteiger partial charge in [0, 0.05) is 5.69 Å². The minimum atomic E-state index is -0.406. The molecule has 1 atom stereocenters. The predicted octanol–water partition coefficient (Wildman–Crippen LogP) is 2.69. The Balaban J connectivity index is 2.20. The molecular weight excluding hydrogens is 264 g/mol. The Morgan fingerprint density at radius 3 is 2.29 bits per heavy atom. The Morgan fingerprint density at radius 1 is 1.14 bits per heavy atom. The van der Waals surface area contributed by atoms with E-state index in [1.807, 2.05) is 24.3 Å². The number of nitrogens with one attached hydrogen (secondary N) is 1. The first kappa shape index (κ1) is 15.5. The third kappa shape index (κ3) is 3.63. The molecule has 1 aliphatic heterocycles. The highest BCUT2D eigenvalue weighted by molar-refractivity contribution is 6.06. The normalized spacial score (nSPS) is 19.3. The number of hydrogen-bond donors (Lipinski definition) is 1. The van der Waals surface area contributed by atoms with E-state index in [0.717, 1.165) is 5.69 Å². The van der Waals surface area contributed by atoms with Crippen LogP contribution in [0.5, 0.6) is 0 Å². The summed E-state index contributed by atoms with van der Waals surface area (Å²) in [5.41, 5.74) is 2.03. The molecule has 0 spiro atoms. The van der Waals surface area contributed by atoms with Crippen molar-refractivity contribution in [2.45, 2.75) is 46.1 Å². The van der Waals surface area contributed by atoms with Gasteiger partial charge in [-0.2, -0.15) is 0 Å². The molecule has 0 radical (unpaired) electrons. The highest BCUT2D eigenvalue weighted by Gasteiger charge is 2.33. The molecular formula is C17H24N2O2. The number of anilines is 1. The Morgan fingerprint density at radius 2 is 1.76 bits per heavy atom. The Labute approximate surface area is 126 Å². The fraction of sp³-hybridized carbons (Fsp3) is 0.529. The molecule has 1 aromatic rings. The monoisotopic (exact) mass is 288 g/mol. The van der Waals surface area contributed by atoms with E-state index in [9.17, 15) is 9.59 Å². The molecule has 0 aliphatic carbocycles. The number of nitrogens with zero attached hydrogens (tertiary/aromatic N) is 1. The number of benzene rings is 1. The molecule has 1 aromatic carbocycles. The zero-order valence-corrected chi connectivity index (χ0v) is 13.2. The Bertz CT molecular complexity index is 520. The lowest BCUT2D eigenvalue weighted by atomic mass is 9.99. The van der Waals surface area contributed by atoms with E-state index in [-0.39, 0.29) is 18.4 Å². The summed E-state index contributed by atoms with van der Waals surface area (Å²) >= 11 is 0. The van der Waals surface area contributed by atoms with E-state index < -0.39 is 6.04 Å². The topological polar surface area (TPSA) is 49.4 Å². The predicted molar refractivity (Wildman–Crippen MR) is 84.3 cm³/mol. The second kappa shape index (κ2) is 6.29. The van der Waals surface area contributed by atoms with E-state index >= 15 is 0 Å². The van der Waals surface area contributed by atoms with Crippen molar-refractivity contribution in [3.8, 4) is 0 Å². The van der Waals surface area contributed by atoms with Gasteiger partial charge >= 0.3 is 0 Å². The molecule has 4 nitrogen and oxygen atoms in total. The van der Waals surface area contributed by atoms with Gasteiger partial charge in [0.1, 0.15) is 12.6 Å². The molecule has 1 unspecified atom stereocenters. The third-order valence-electron chi connectivity index (χ3n) is 3.78. The van der Waals surface area contributed by atoms with Crippen LogP contribution in [-0.4, -0.2) is 24.4 Å². The quantitative estimate of drug-likeness (QED) is 0.926. The molecule has 1 aliphatic rings. The lowest BCUT2D eigenvalue weighted by molar-refractivity contribution is -0.131. The maximum atomic E-state index is 12.5. The smallest absolute Gasteiger partial charge is 0.250 e. The van der Waals surface area contributed by atoms with Gasteiger partial charge in [0.25, 0.3) is 0 Å². The fourth-order valence-electron chi connectivity index (χ4n) is 2.60. The first-order chi connectivity index (χ1) is 9.88. The number of amides is 2. The van der Waals surface area contributed by atoms with E-state index in [2.05, 4.69) is 33.0 Å². The number of piperazine rings is 1. The van der Waals surface area contributed by atoms with Crippen molar-refractivity contribution in [1.82, 2.24) is 5.32 Å². The molecule has 2 rings (SSSR count). The van der Waals surface area contributed by atoms with Gasteiger partial charge in [0.2, 0.25) is 11.8 Å². The van der Waals surface area contributed by atoms with Gasteiger partial charge in [0.15, 0.2) is 0 Å². The zero-order chi connectivity index (χ0) is 15.6. The highest BCUT2D eigenvalue weighted by atomic mass is 16.2. The average molecular weight is 288 g/mol. The lowest BCUT2D eigenvalue weighted by Crippen LogP contribution is -2.58. The van der Waals surface area contributed by atoms with Crippen LogP contribution in [-0.2, 0) is 9.59 Å². The first-order valence-electron chi connectivity index (χ1n) is 7.59. The van der Waals surface area contributed by atoms with Crippen molar-refractivity contribution in [2.75, 3.05) is 11.4 Å². The molecule has 21 heavy (non-hydrogen) atoms. The fourth-order valence-corrected chi connectivity index (χ4v) is 2.60. The molecule has 1 fully saturated rings. The van der Waals surface area contributed by atoms with Crippen LogP contribution in [0.15, 0.2) is 24.3 Å². The van der Waals surface area contributed by atoms with Crippen LogP contribution in [0.1, 0.15) is 45.6 Å². The Kier molecular flexibility index (Phi) is 4.66. The van der Waals surface area contributed by atoms with E-state index in [0.29, 0.717) is 18.3 Å². The van der Waals surface area contributed by atoms with Crippen LogP contribution in [0.25, 0.3) is 0 Å². The number of carbonyl (C=O) groups is 2. The van der Waals surface area contributed by atoms with E-state index in [1.54, 1.807) is 4.90 Å². The van der Waals surface area contributed by atoms with Crippen molar-refractivity contribution in [1.29, 1.82) is 0 Å². The second-order valence-electron chi connectivity index (χ2n) is 6.42. The van der Waals surface area contributed by atoms with Gasteiger partial charge in [-0.3, -0.25) is 9.59 Å². The maximum Gasteiger partial charge on any atom is 0.250 e. The molecule has 0 bridgehead atoms. The van der Waals surface area contributed by atoms with Gasteiger partial charge in [-0.1, -0.05) is 39.8 Å². The molecule has 1 saturated heterocycles. The number of carbonyl (C=O) groups excluding carboxylic acids is 2. The van der Waals surface area contributed by atoms with Crippen LogP contribution in [0.4, 0.5) is 5.69 Å². The minimum Gasteiger partial charge on any atom is -0.343 e. The van der Waals surface area contributed by atoms with Gasteiger partial charge in [-0.25, -0.2) is 0 Å². The summed E-state index contributed by atoms with van der Waals surface area (Å²) in [5, 5.41) is 2.80. The number of hydrogen-bond acceptors (Lipinski definition) is 2. The SMILES string of the molecule is CC(C)CC1NC(=O)CN(c2ccc(C(C)C)cc2)C1=O. The summed E-state index contributed by atoms with van der Waals surface area (Å²) in [6, 6.07) is 7.50. The van der Waals surface area contributed by atoms with Crippen LogP contribution in [0.3, 0.4) is 0 Å². The molecule has 0 saturated carbocycles. The van der Waals surface area contributed by atoms with Crippen molar-refractivity contribution in [3.05, 3.63) is 29.8 Å². The molecule has 2 amide bonds. The highest BCUT2D eigenvalue weighted by Crippen LogP contribution is 2.23. The standard InChI is InChI=1S/C17H24N2O2/c1-11(2)9-15-17(21)19(10-16(20)18-15)14-7-5-13(6-8-14)12(3)4/h5-8,11-12,15H,9-10H2,1-4H3,(H,18,20). The largest absolute Gasteiger partial charge is 0.343 e. The average Bonchev–Trinajstić information content (AvgIpc) is 2.42. The summed E-state index contributed by atoms with van der Waals surface area (Å²) in [6.45, 7) is 8.47. The minimum absolute atomic E-state index is 0.0133.